The number of nitrogens with one attached hydrogen (secondary N) is 1. The van der Waals surface area contributed by atoms with Crippen molar-refractivity contribution in [2.75, 3.05) is 18.6 Å². The molecular formula is C16H20N2O3. The third-order valence-corrected chi connectivity index (χ3v) is 4.19. The SMILES string of the molecule is COc1ccc(N2CCC(=O)NC(C3CC3)C2=O)cc1C. The summed E-state index contributed by atoms with van der Waals surface area (Å²) in [5.41, 5.74) is 1.81. The number of anilines is 1. The van der Waals surface area contributed by atoms with Crippen molar-refractivity contribution in [3.63, 3.8) is 0 Å². The summed E-state index contributed by atoms with van der Waals surface area (Å²) >= 11 is 0. The Morgan fingerprint density at radius 1 is 1.29 bits per heavy atom. The average molecular weight is 288 g/mol. The average Bonchev–Trinajstić information content (AvgIpc) is 3.29. The summed E-state index contributed by atoms with van der Waals surface area (Å²) in [5, 5.41) is 2.87. The normalized spacial score (nSPS) is 22.8. The van der Waals surface area contributed by atoms with E-state index in [4.69, 9.17) is 4.74 Å². The second-order valence-electron chi connectivity index (χ2n) is 5.78. The topological polar surface area (TPSA) is 58.6 Å². The number of amides is 2. The fourth-order valence-corrected chi connectivity index (χ4v) is 2.83. The maximum atomic E-state index is 12.7. The van der Waals surface area contributed by atoms with E-state index >= 15 is 0 Å². The van der Waals surface area contributed by atoms with Gasteiger partial charge >= 0.3 is 0 Å². The van der Waals surface area contributed by atoms with Crippen LogP contribution in [0.15, 0.2) is 18.2 Å². The minimum Gasteiger partial charge on any atom is -0.496 e. The van der Waals surface area contributed by atoms with E-state index in [-0.39, 0.29) is 17.9 Å². The van der Waals surface area contributed by atoms with Crippen molar-refractivity contribution >= 4 is 17.5 Å². The number of rotatable bonds is 3. The Hall–Kier alpha value is -2.04. The summed E-state index contributed by atoms with van der Waals surface area (Å²) in [6.07, 6.45) is 2.39. The van der Waals surface area contributed by atoms with Crippen molar-refractivity contribution in [2.24, 2.45) is 5.92 Å². The third kappa shape index (κ3) is 2.73. The van der Waals surface area contributed by atoms with Gasteiger partial charge in [0.2, 0.25) is 11.8 Å². The van der Waals surface area contributed by atoms with Crippen LogP contribution < -0.4 is 15.0 Å². The molecule has 1 aromatic carbocycles. The Labute approximate surface area is 124 Å². The van der Waals surface area contributed by atoms with Gasteiger partial charge in [0.15, 0.2) is 0 Å². The molecule has 1 unspecified atom stereocenters. The molecule has 112 valence electrons. The van der Waals surface area contributed by atoms with Crippen LogP contribution in [0, 0.1) is 12.8 Å². The van der Waals surface area contributed by atoms with Gasteiger partial charge in [0, 0.05) is 18.7 Å². The minimum absolute atomic E-state index is 0.00733. The molecule has 0 spiro atoms. The zero-order valence-corrected chi connectivity index (χ0v) is 12.4. The highest BCUT2D eigenvalue weighted by molar-refractivity contribution is 6.01. The molecule has 0 bridgehead atoms. The lowest BCUT2D eigenvalue weighted by molar-refractivity contribution is -0.126. The number of hydrogen-bond donors (Lipinski definition) is 1. The highest BCUT2D eigenvalue weighted by Crippen LogP contribution is 2.35. The quantitative estimate of drug-likeness (QED) is 0.919. The van der Waals surface area contributed by atoms with Crippen LogP contribution in [0.1, 0.15) is 24.8 Å². The lowest BCUT2D eigenvalue weighted by atomic mass is 10.1. The van der Waals surface area contributed by atoms with Gasteiger partial charge in [0.1, 0.15) is 11.8 Å². The maximum Gasteiger partial charge on any atom is 0.249 e. The zero-order valence-electron chi connectivity index (χ0n) is 12.4. The number of carbonyl (C=O) groups excluding carboxylic acids is 2. The number of methoxy groups -OCH3 is 1. The number of carbonyl (C=O) groups is 2. The van der Waals surface area contributed by atoms with Gasteiger partial charge in [0.05, 0.1) is 7.11 Å². The Bertz CT molecular complexity index is 581. The first-order valence-corrected chi connectivity index (χ1v) is 7.35. The van der Waals surface area contributed by atoms with Crippen LogP contribution in [0.5, 0.6) is 5.75 Å². The fraction of sp³-hybridized carbons (Fsp3) is 0.500. The van der Waals surface area contributed by atoms with Crippen molar-refractivity contribution < 1.29 is 14.3 Å². The van der Waals surface area contributed by atoms with Crippen molar-refractivity contribution in [3.8, 4) is 5.75 Å². The number of benzene rings is 1. The van der Waals surface area contributed by atoms with Gasteiger partial charge < -0.3 is 15.0 Å². The van der Waals surface area contributed by atoms with Gasteiger partial charge in [-0.15, -0.1) is 0 Å². The Balaban J connectivity index is 1.90. The molecule has 0 radical (unpaired) electrons. The second kappa shape index (κ2) is 5.39. The molecule has 2 fully saturated rings. The summed E-state index contributed by atoms with van der Waals surface area (Å²) in [4.78, 5) is 26.3. The number of nitrogens with zero attached hydrogens (tertiary/aromatic N) is 1. The van der Waals surface area contributed by atoms with E-state index in [1.165, 1.54) is 0 Å². The third-order valence-electron chi connectivity index (χ3n) is 4.19. The van der Waals surface area contributed by atoms with E-state index < -0.39 is 0 Å². The summed E-state index contributed by atoms with van der Waals surface area (Å²) in [6, 6.07) is 5.33. The van der Waals surface area contributed by atoms with Crippen molar-refractivity contribution in [1.29, 1.82) is 0 Å². The van der Waals surface area contributed by atoms with Crippen LogP contribution in [0.3, 0.4) is 0 Å². The van der Waals surface area contributed by atoms with E-state index in [9.17, 15) is 9.59 Å². The number of hydrogen-bond acceptors (Lipinski definition) is 3. The van der Waals surface area contributed by atoms with Crippen LogP contribution >= 0.6 is 0 Å². The van der Waals surface area contributed by atoms with Gasteiger partial charge in [-0.05, 0) is 49.4 Å². The first kappa shape index (κ1) is 13.9. The molecule has 1 heterocycles. The molecule has 3 rings (SSSR count). The number of ether oxygens (including phenoxy) is 1. The molecule has 5 nitrogen and oxygen atoms in total. The van der Waals surface area contributed by atoms with Crippen LogP contribution in [0.2, 0.25) is 0 Å². The molecule has 2 aliphatic rings. The molecular weight excluding hydrogens is 268 g/mol. The standard InChI is InChI=1S/C16H20N2O3/c1-10-9-12(5-6-13(10)21-2)18-8-7-14(19)17-15(16(18)20)11-3-4-11/h5-6,9,11,15H,3-4,7-8H2,1-2H3,(H,17,19). The Kier molecular flexibility index (Phi) is 3.57. The molecule has 5 heteroatoms. The summed E-state index contributed by atoms with van der Waals surface area (Å²) in [6.45, 7) is 2.38. The fourth-order valence-electron chi connectivity index (χ4n) is 2.83. The van der Waals surface area contributed by atoms with Gasteiger partial charge in [-0.2, -0.15) is 0 Å². The summed E-state index contributed by atoms with van der Waals surface area (Å²) in [7, 11) is 1.63. The summed E-state index contributed by atoms with van der Waals surface area (Å²) < 4.78 is 5.26. The van der Waals surface area contributed by atoms with E-state index in [0.717, 1.165) is 29.8 Å². The predicted molar refractivity (Wildman–Crippen MR) is 79.4 cm³/mol. The van der Waals surface area contributed by atoms with E-state index in [0.29, 0.717) is 18.9 Å². The largest absolute Gasteiger partial charge is 0.496 e. The van der Waals surface area contributed by atoms with Crippen LogP contribution in [0.25, 0.3) is 0 Å². The first-order valence-electron chi connectivity index (χ1n) is 7.35. The van der Waals surface area contributed by atoms with Gasteiger partial charge in [-0.1, -0.05) is 0 Å². The Morgan fingerprint density at radius 2 is 2.05 bits per heavy atom. The lowest BCUT2D eigenvalue weighted by Crippen LogP contribution is -2.46. The lowest BCUT2D eigenvalue weighted by Gasteiger charge is -2.24. The van der Waals surface area contributed by atoms with Crippen LogP contribution in [-0.4, -0.2) is 31.5 Å². The Morgan fingerprint density at radius 3 is 2.67 bits per heavy atom. The maximum absolute atomic E-state index is 12.7. The van der Waals surface area contributed by atoms with Crippen molar-refractivity contribution in [2.45, 2.75) is 32.2 Å². The molecule has 1 aliphatic carbocycles. The van der Waals surface area contributed by atoms with E-state index in [2.05, 4.69) is 5.32 Å². The van der Waals surface area contributed by atoms with Crippen molar-refractivity contribution in [1.82, 2.24) is 5.32 Å². The van der Waals surface area contributed by atoms with E-state index in [1.54, 1.807) is 12.0 Å². The molecule has 1 saturated heterocycles. The van der Waals surface area contributed by atoms with E-state index in [1.807, 2.05) is 25.1 Å². The van der Waals surface area contributed by atoms with Crippen LogP contribution in [-0.2, 0) is 9.59 Å². The highest BCUT2D eigenvalue weighted by atomic mass is 16.5. The highest BCUT2D eigenvalue weighted by Gasteiger charge is 2.41. The monoisotopic (exact) mass is 288 g/mol. The molecule has 1 atom stereocenters. The number of aryl methyl sites for hydroxylation is 1. The molecule has 1 saturated carbocycles. The molecule has 0 aromatic heterocycles. The molecule has 21 heavy (non-hydrogen) atoms. The molecule has 1 N–H and O–H groups in total. The van der Waals surface area contributed by atoms with Gasteiger partial charge in [-0.25, -0.2) is 0 Å². The second-order valence-corrected chi connectivity index (χ2v) is 5.78. The molecule has 2 amide bonds. The van der Waals surface area contributed by atoms with Crippen LogP contribution in [0.4, 0.5) is 5.69 Å². The zero-order chi connectivity index (χ0) is 15.0. The molecule has 1 aromatic rings. The first-order chi connectivity index (χ1) is 10.1. The van der Waals surface area contributed by atoms with Gasteiger partial charge in [0.25, 0.3) is 0 Å². The minimum atomic E-state index is -0.359. The van der Waals surface area contributed by atoms with Gasteiger partial charge in [-0.3, -0.25) is 9.59 Å². The predicted octanol–water partition coefficient (Wildman–Crippen LogP) is 1.64. The smallest absolute Gasteiger partial charge is 0.249 e. The molecule has 1 aliphatic heterocycles. The van der Waals surface area contributed by atoms with Crippen molar-refractivity contribution in [3.05, 3.63) is 23.8 Å². The summed E-state index contributed by atoms with van der Waals surface area (Å²) in [5.74, 6) is 1.08.